The Morgan fingerprint density at radius 3 is 1.65 bits per heavy atom. The largest absolute Gasteiger partial charge is 1.00 e. The molecular weight excluding hydrogens is 799 g/mol. The number of rotatable bonds is 31. The molecule has 0 saturated heterocycles. The fourth-order valence-corrected chi connectivity index (χ4v) is 8.68. The number of unbranched alkanes of at least 4 members (excludes halogenated alkanes) is 9. The van der Waals surface area contributed by atoms with Gasteiger partial charge in [0, 0.05) is 30.6 Å². The van der Waals surface area contributed by atoms with Crippen LogP contribution in [0.15, 0.2) is 0 Å². The van der Waals surface area contributed by atoms with E-state index in [0.29, 0.717) is 18.8 Å². The van der Waals surface area contributed by atoms with Crippen LogP contribution in [0.25, 0.3) is 0 Å². The Labute approximate surface area is 410 Å². The second-order valence-corrected chi connectivity index (χ2v) is 19.4. The molecule has 0 bridgehead atoms. The van der Waals surface area contributed by atoms with Crippen molar-refractivity contribution in [3.8, 4) is 11.5 Å². The molecule has 0 aliphatic carbocycles. The van der Waals surface area contributed by atoms with Gasteiger partial charge in [0.1, 0.15) is 17.1 Å². The smallest absolute Gasteiger partial charge is 0.550 e. The molecule has 10 nitrogen and oxygen atoms in total. The van der Waals surface area contributed by atoms with Crippen molar-refractivity contribution in [1.82, 2.24) is 4.90 Å². The summed E-state index contributed by atoms with van der Waals surface area (Å²) in [6.07, 6.45) is 25.6. The fraction of sp³-hybridized carbons (Fsp3) is 0.830. The second kappa shape index (κ2) is 34.3. The van der Waals surface area contributed by atoms with Crippen molar-refractivity contribution >= 4 is 19.8 Å². The predicted molar refractivity (Wildman–Crippen MR) is 233 cm³/mol. The van der Waals surface area contributed by atoms with Gasteiger partial charge in [-0.05, 0) is 114 Å². The van der Waals surface area contributed by atoms with Crippen LogP contribution in [-0.4, -0.2) is 51.9 Å². The van der Waals surface area contributed by atoms with E-state index in [9.17, 15) is 34.2 Å². The summed E-state index contributed by atoms with van der Waals surface area (Å²) in [5, 5.41) is 21.0. The van der Waals surface area contributed by atoms with Gasteiger partial charge < -0.3 is 34.0 Å². The van der Waals surface area contributed by atoms with Crippen molar-refractivity contribution in [3.05, 3.63) is 22.3 Å². The normalized spacial score (nSPS) is 15.8. The van der Waals surface area contributed by atoms with Gasteiger partial charge in [0.2, 0.25) is 0 Å². The maximum atomic E-state index is 11.5. The first-order chi connectivity index (χ1) is 27.3. The molecule has 0 amide bonds. The van der Waals surface area contributed by atoms with E-state index in [4.69, 9.17) is 9.26 Å². The standard InChI is InChI=1S/C29H51O5P.C18H35NO4.2Na/c1-20(2)12-9-13-21(3)14-10-15-22(4)16-11-18-29(8)19-17-26-25(7)27(34-35(30,31)32)23(5)24(6)28(26)33-29;1-2-3-4-5-6-7-8-9-10-11-14-19(15-12-17(20)21)16-13-18(22)23;;/h20-22H,9-19H2,1-8H3,(H2,30,31,32);2-16H2,1H3,(H,20,21)(H,22,23);;/q;;2*+1/p-2/t21-,22-,29-;;;/m1.../s1. The molecule has 1 heterocycles. The van der Waals surface area contributed by atoms with E-state index in [1.807, 2.05) is 25.7 Å². The molecule has 0 saturated carbocycles. The van der Waals surface area contributed by atoms with Crippen molar-refractivity contribution in [1.29, 1.82) is 0 Å². The van der Waals surface area contributed by atoms with E-state index in [0.717, 1.165) is 90.8 Å². The molecule has 60 heavy (non-hydrogen) atoms. The van der Waals surface area contributed by atoms with E-state index in [1.165, 1.54) is 96.3 Å². The van der Waals surface area contributed by atoms with E-state index in [1.54, 1.807) is 0 Å². The van der Waals surface area contributed by atoms with Crippen LogP contribution in [0.1, 0.15) is 205 Å². The van der Waals surface area contributed by atoms with Crippen LogP contribution in [-0.2, 0) is 20.6 Å². The van der Waals surface area contributed by atoms with Crippen LogP contribution < -0.4 is 78.6 Å². The Kier molecular flexibility index (Phi) is 35.4. The molecule has 13 heteroatoms. The maximum Gasteiger partial charge on any atom is 1.00 e. The molecule has 0 fully saturated rings. The third-order valence-electron chi connectivity index (χ3n) is 12.1. The van der Waals surface area contributed by atoms with Crippen LogP contribution in [0.5, 0.6) is 11.5 Å². The van der Waals surface area contributed by atoms with Gasteiger partial charge in [0.05, 0.1) is 0 Å². The number of hydrogen-bond acceptors (Lipinski definition) is 8. The number of aliphatic carboxylic acids is 2. The monoisotopic (exact) mass is 884 g/mol. The van der Waals surface area contributed by atoms with E-state index in [-0.39, 0.29) is 77.6 Å². The zero-order valence-corrected chi connectivity index (χ0v) is 45.2. The Balaban J connectivity index is 0. The summed E-state index contributed by atoms with van der Waals surface area (Å²) in [5.41, 5.74) is 3.24. The van der Waals surface area contributed by atoms with Gasteiger partial charge >= 0.3 is 66.9 Å². The summed E-state index contributed by atoms with van der Waals surface area (Å²) in [7, 11) is -4.61. The number of ether oxygens (including phenoxy) is 1. The van der Waals surface area contributed by atoms with E-state index >= 15 is 0 Å². The first-order valence-corrected chi connectivity index (χ1v) is 24.5. The van der Waals surface area contributed by atoms with Crippen molar-refractivity contribution in [2.75, 3.05) is 19.6 Å². The molecule has 0 aromatic heterocycles. The van der Waals surface area contributed by atoms with Crippen molar-refractivity contribution in [2.24, 2.45) is 17.8 Å². The van der Waals surface area contributed by atoms with Gasteiger partial charge in [-0.3, -0.25) is 9.79 Å². The third-order valence-corrected chi connectivity index (χ3v) is 12.6. The van der Waals surface area contributed by atoms with Crippen LogP contribution in [0.2, 0.25) is 0 Å². The van der Waals surface area contributed by atoms with Gasteiger partial charge in [0.25, 0.3) is 0 Å². The molecule has 3 atom stereocenters. The molecule has 1 aliphatic heterocycles. The van der Waals surface area contributed by atoms with Gasteiger partial charge in [-0.25, -0.2) is 4.57 Å². The van der Waals surface area contributed by atoms with E-state index < -0.39 is 19.8 Å². The molecule has 1 aromatic carbocycles. The number of hydrogen-bond donors (Lipinski definition) is 2. The molecule has 338 valence electrons. The first kappa shape index (κ1) is 62.0. The predicted octanol–water partition coefficient (Wildman–Crippen LogP) is 4.10. The molecule has 1 aliphatic rings. The molecular formula is C47H84NNa2O9P. The quantitative estimate of drug-likeness (QED) is 0.0632. The summed E-state index contributed by atoms with van der Waals surface area (Å²) in [4.78, 5) is 41.6. The number of carboxylic acid groups (broad SMARTS) is 2. The molecule has 2 rings (SSSR count). The zero-order chi connectivity index (χ0) is 43.7. The molecule has 0 spiro atoms. The molecule has 1 aromatic rings. The summed E-state index contributed by atoms with van der Waals surface area (Å²) >= 11 is 0. The SMILES string of the molecule is CCCCCCCCCCCCN(CCC(=O)[O-])CCC(=O)[O-].Cc1c(C)c2c(c(C)c1OP(=O)(O)O)CC[C@@](C)(CCC[C@H](C)CCC[C@H](C)CCCC(C)C)O2.[Na+].[Na+]. The number of carbonyl (C=O) groups excluding carboxylic acids is 2. The van der Waals surface area contributed by atoms with Crippen LogP contribution in [0.4, 0.5) is 0 Å². The number of fused-ring (bicyclic) bond motifs is 1. The number of carboxylic acids is 2. The van der Waals surface area contributed by atoms with Crippen molar-refractivity contribution < 1.29 is 103 Å². The summed E-state index contributed by atoms with van der Waals surface area (Å²) < 4.78 is 23.1. The number of benzene rings is 1. The zero-order valence-electron chi connectivity index (χ0n) is 40.3. The Morgan fingerprint density at radius 1 is 0.717 bits per heavy atom. The Bertz CT molecular complexity index is 1360. The summed E-state index contributed by atoms with van der Waals surface area (Å²) in [5.74, 6) is 1.41. The van der Waals surface area contributed by atoms with Gasteiger partial charge in [-0.15, -0.1) is 0 Å². The van der Waals surface area contributed by atoms with E-state index in [2.05, 4.69) is 41.5 Å². The van der Waals surface area contributed by atoms with Crippen molar-refractivity contribution in [2.45, 2.75) is 216 Å². The second-order valence-electron chi connectivity index (χ2n) is 18.3. The number of carbonyl (C=O) groups is 2. The third kappa shape index (κ3) is 28.6. The van der Waals surface area contributed by atoms with Gasteiger partial charge in [0.15, 0.2) is 0 Å². The molecule has 0 unspecified atom stereocenters. The average molecular weight is 884 g/mol. The Hall–Kier alpha value is -0.130. The summed E-state index contributed by atoms with van der Waals surface area (Å²) in [6, 6.07) is 0. The maximum absolute atomic E-state index is 11.5. The fourth-order valence-electron chi connectivity index (χ4n) is 8.17. The average Bonchev–Trinajstić information content (AvgIpc) is 3.13. The summed E-state index contributed by atoms with van der Waals surface area (Å²) in [6.45, 7) is 21.0. The topological polar surface area (TPSA) is 159 Å². The van der Waals surface area contributed by atoms with Crippen LogP contribution in [0.3, 0.4) is 0 Å². The van der Waals surface area contributed by atoms with Gasteiger partial charge in [-0.1, -0.05) is 137 Å². The number of nitrogens with zero attached hydrogens (tertiary/aromatic N) is 1. The first-order valence-electron chi connectivity index (χ1n) is 23.0. The minimum Gasteiger partial charge on any atom is -0.550 e. The molecule has 2 N–H and O–H groups in total. The molecule has 0 radical (unpaired) electrons. The van der Waals surface area contributed by atoms with Gasteiger partial charge in [-0.2, -0.15) is 0 Å². The van der Waals surface area contributed by atoms with Crippen molar-refractivity contribution in [3.63, 3.8) is 0 Å². The van der Waals surface area contributed by atoms with Crippen LogP contribution in [0, 0.1) is 38.5 Å². The van der Waals surface area contributed by atoms with Crippen LogP contribution >= 0.6 is 7.82 Å². The number of phosphoric ester groups is 1. The minimum absolute atomic E-state index is 0. The Morgan fingerprint density at radius 2 is 1.18 bits per heavy atom. The minimum atomic E-state index is -4.61. The number of phosphoric acid groups is 1.